The Hall–Kier alpha value is -4.05. The monoisotopic (exact) mass is 392 g/mol. The second-order valence-electron chi connectivity index (χ2n) is 7.58. The lowest BCUT2D eigenvalue weighted by Crippen LogP contribution is -2.30. The summed E-state index contributed by atoms with van der Waals surface area (Å²) < 4.78 is 0. The maximum atomic E-state index is 12.3. The third kappa shape index (κ3) is 2.37. The van der Waals surface area contributed by atoms with Crippen molar-refractivity contribution in [3.8, 4) is 11.1 Å². The van der Waals surface area contributed by atoms with Crippen LogP contribution in [-0.2, 0) is 5.41 Å². The van der Waals surface area contributed by atoms with Crippen molar-refractivity contribution >= 4 is 17.3 Å². The van der Waals surface area contributed by atoms with Crippen LogP contribution in [0, 0.1) is 0 Å². The molecule has 30 heavy (non-hydrogen) atoms. The number of carbonyl (C=O) groups is 1. The number of fused-ring (bicyclic) bond motifs is 3. The molecule has 4 aromatic carbocycles. The van der Waals surface area contributed by atoms with Gasteiger partial charge < -0.3 is 16.6 Å². The van der Waals surface area contributed by atoms with Crippen molar-refractivity contribution in [3.05, 3.63) is 119 Å². The number of carboxylic acids is 1. The summed E-state index contributed by atoms with van der Waals surface area (Å²) in [5.41, 5.74) is 18.6. The molecule has 0 saturated carbocycles. The third-order valence-electron chi connectivity index (χ3n) is 5.93. The fraction of sp³-hybridized carbons (Fsp3) is 0.0385. The summed E-state index contributed by atoms with van der Waals surface area (Å²) in [6.07, 6.45) is 0. The van der Waals surface area contributed by atoms with Gasteiger partial charge in [-0.05, 0) is 63.7 Å². The van der Waals surface area contributed by atoms with Gasteiger partial charge in [0.05, 0.1) is 11.0 Å². The van der Waals surface area contributed by atoms with E-state index in [0.29, 0.717) is 11.4 Å². The van der Waals surface area contributed by atoms with Gasteiger partial charge in [0.25, 0.3) is 0 Å². The van der Waals surface area contributed by atoms with Gasteiger partial charge in [-0.15, -0.1) is 0 Å². The fourth-order valence-corrected chi connectivity index (χ4v) is 4.85. The number of nitrogen functional groups attached to an aromatic ring is 2. The predicted molar refractivity (Wildman–Crippen MR) is 120 cm³/mol. The largest absolute Gasteiger partial charge is 0.478 e. The lowest BCUT2D eigenvalue weighted by Gasteiger charge is -2.35. The van der Waals surface area contributed by atoms with Gasteiger partial charge in [-0.3, -0.25) is 0 Å². The third-order valence-corrected chi connectivity index (χ3v) is 5.93. The Kier molecular flexibility index (Phi) is 3.90. The minimum absolute atomic E-state index is 0.272. The normalized spacial score (nSPS) is 13.5. The Labute approximate surface area is 174 Å². The van der Waals surface area contributed by atoms with Crippen molar-refractivity contribution in [1.82, 2.24) is 0 Å². The van der Waals surface area contributed by atoms with Gasteiger partial charge in [-0.2, -0.15) is 0 Å². The van der Waals surface area contributed by atoms with Crippen molar-refractivity contribution in [2.24, 2.45) is 0 Å². The molecule has 0 saturated heterocycles. The van der Waals surface area contributed by atoms with Gasteiger partial charge in [-0.1, -0.05) is 60.7 Å². The van der Waals surface area contributed by atoms with Crippen molar-refractivity contribution in [2.45, 2.75) is 5.41 Å². The number of hydrogen-bond acceptors (Lipinski definition) is 3. The first-order valence-electron chi connectivity index (χ1n) is 9.72. The first kappa shape index (κ1) is 18.0. The predicted octanol–water partition coefficient (Wildman–Crippen LogP) is 4.91. The standard InChI is InChI=1S/C26H20N2O2/c27-18-8-3-6-16(14-18)26(17-7-4-9-19(28)15-17)23-13-2-1-10-20(23)21-11-5-12-22(24(21)26)25(29)30/h1-15H,27-28H2,(H,29,30). The van der Waals surface area contributed by atoms with Crippen molar-refractivity contribution < 1.29 is 9.90 Å². The Morgan fingerprint density at radius 3 is 1.87 bits per heavy atom. The van der Waals surface area contributed by atoms with E-state index in [4.69, 9.17) is 11.5 Å². The van der Waals surface area contributed by atoms with E-state index in [2.05, 4.69) is 6.07 Å². The maximum Gasteiger partial charge on any atom is 0.336 e. The van der Waals surface area contributed by atoms with Crippen LogP contribution >= 0.6 is 0 Å². The van der Waals surface area contributed by atoms with Gasteiger partial charge in [0, 0.05) is 11.4 Å². The second kappa shape index (κ2) is 6.49. The molecule has 5 N–H and O–H groups in total. The molecule has 4 heteroatoms. The van der Waals surface area contributed by atoms with Crippen molar-refractivity contribution in [2.75, 3.05) is 11.5 Å². The summed E-state index contributed by atoms with van der Waals surface area (Å²) in [6, 6.07) is 28.9. The van der Waals surface area contributed by atoms with Gasteiger partial charge in [0.1, 0.15) is 0 Å². The van der Waals surface area contributed by atoms with Crippen LogP contribution in [0.4, 0.5) is 11.4 Å². The second-order valence-corrected chi connectivity index (χ2v) is 7.58. The van der Waals surface area contributed by atoms with Crippen LogP contribution in [0.15, 0.2) is 91.0 Å². The number of nitrogens with two attached hydrogens (primary N) is 2. The van der Waals surface area contributed by atoms with E-state index in [1.807, 2.05) is 72.8 Å². The van der Waals surface area contributed by atoms with Crippen LogP contribution in [-0.4, -0.2) is 11.1 Å². The Bertz CT molecular complexity index is 1260. The van der Waals surface area contributed by atoms with Gasteiger partial charge in [0.15, 0.2) is 0 Å². The van der Waals surface area contributed by atoms with Crippen molar-refractivity contribution in [1.29, 1.82) is 0 Å². The molecule has 0 radical (unpaired) electrons. The summed E-state index contributed by atoms with van der Waals surface area (Å²) in [4.78, 5) is 12.3. The van der Waals surface area contributed by atoms with Gasteiger partial charge in [0.2, 0.25) is 0 Å². The molecule has 0 unspecified atom stereocenters. The van der Waals surface area contributed by atoms with E-state index >= 15 is 0 Å². The van der Waals surface area contributed by atoms with Crippen LogP contribution < -0.4 is 11.5 Å². The zero-order valence-corrected chi connectivity index (χ0v) is 16.2. The zero-order valence-electron chi connectivity index (χ0n) is 16.2. The van der Waals surface area contributed by atoms with Gasteiger partial charge >= 0.3 is 5.97 Å². The fourth-order valence-electron chi connectivity index (χ4n) is 4.85. The average Bonchev–Trinajstić information content (AvgIpc) is 3.05. The van der Waals surface area contributed by atoms with Crippen LogP contribution in [0.1, 0.15) is 32.6 Å². The Morgan fingerprint density at radius 2 is 1.27 bits per heavy atom. The van der Waals surface area contributed by atoms with E-state index in [0.717, 1.165) is 33.4 Å². The molecule has 5 rings (SSSR count). The molecule has 0 atom stereocenters. The lowest BCUT2D eigenvalue weighted by atomic mass is 9.66. The van der Waals surface area contributed by atoms with Crippen molar-refractivity contribution in [3.63, 3.8) is 0 Å². The minimum Gasteiger partial charge on any atom is -0.478 e. The van der Waals surface area contributed by atoms with E-state index in [-0.39, 0.29) is 5.56 Å². The summed E-state index contributed by atoms with van der Waals surface area (Å²) in [5.74, 6) is -0.961. The summed E-state index contributed by atoms with van der Waals surface area (Å²) in [6.45, 7) is 0. The first-order chi connectivity index (χ1) is 14.5. The summed E-state index contributed by atoms with van der Waals surface area (Å²) in [5, 5.41) is 10.1. The Balaban J connectivity index is 2.04. The number of anilines is 2. The highest BCUT2D eigenvalue weighted by Gasteiger charge is 2.48. The Morgan fingerprint density at radius 1 is 0.700 bits per heavy atom. The smallest absolute Gasteiger partial charge is 0.336 e. The van der Waals surface area contributed by atoms with Crippen LogP contribution in [0.5, 0.6) is 0 Å². The maximum absolute atomic E-state index is 12.3. The zero-order chi connectivity index (χ0) is 20.9. The van der Waals surface area contributed by atoms with E-state index in [1.165, 1.54) is 0 Å². The number of rotatable bonds is 3. The SMILES string of the molecule is Nc1cccc(C2(c3cccc(N)c3)c3ccccc3-c3cccc(C(=O)O)c32)c1. The molecule has 146 valence electrons. The van der Waals surface area contributed by atoms with E-state index in [9.17, 15) is 9.90 Å². The molecule has 0 heterocycles. The molecular weight excluding hydrogens is 372 g/mol. The quantitative estimate of drug-likeness (QED) is 0.381. The van der Waals surface area contributed by atoms with Crippen LogP contribution in [0.3, 0.4) is 0 Å². The highest BCUT2D eigenvalue weighted by molar-refractivity contribution is 5.98. The molecule has 1 aliphatic rings. The number of aromatic carboxylic acids is 1. The number of benzene rings is 4. The highest BCUT2D eigenvalue weighted by Crippen LogP contribution is 2.57. The lowest BCUT2D eigenvalue weighted by molar-refractivity contribution is 0.0695. The molecule has 0 aromatic heterocycles. The average molecular weight is 392 g/mol. The molecule has 0 bridgehead atoms. The molecule has 0 fully saturated rings. The topological polar surface area (TPSA) is 89.3 Å². The summed E-state index contributed by atoms with van der Waals surface area (Å²) in [7, 11) is 0. The molecule has 0 spiro atoms. The molecular formula is C26H20N2O2. The number of hydrogen-bond donors (Lipinski definition) is 3. The van der Waals surface area contributed by atoms with Crippen LogP contribution in [0.25, 0.3) is 11.1 Å². The minimum atomic E-state index is -0.961. The van der Waals surface area contributed by atoms with E-state index < -0.39 is 11.4 Å². The molecule has 1 aliphatic carbocycles. The first-order valence-corrected chi connectivity index (χ1v) is 9.72. The molecule has 0 amide bonds. The summed E-state index contributed by atoms with van der Waals surface area (Å²) >= 11 is 0. The molecule has 4 aromatic rings. The van der Waals surface area contributed by atoms with Gasteiger partial charge in [-0.25, -0.2) is 4.79 Å². The number of carboxylic acid groups (broad SMARTS) is 1. The van der Waals surface area contributed by atoms with E-state index in [1.54, 1.807) is 12.1 Å². The molecule has 0 aliphatic heterocycles. The molecule has 4 nitrogen and oxygen atoms in total. The van der Waals surface area contributed by atoms with Crippen LogP contribution in [0.2, 0.25) is 0 Å². The highest BCUT2D eigenvalue weighted by atomic mass is 16.4.